The molecule has 0 heterocycles. The summed E-state index contributed by atoms with van der Waals surface area (Å²) in [6.07, 6.45) is 0. The largest absolute Gasteiger partial charge is 0.493 e. The molecule has 0 aliphatic carbocycles. The van der Waals surface area contributed by atoms with E-state index in [1.807, 2.05) is 38.1 Å². The van der Waals surface area contributed by atoms with Crippen molar-refractivity contribution in [3.63, 3.8) is 0 Å². The van der Waals surface area contributed by atoms with Crippen LogP contribution >= 0.6 is 0 Å². The lowest BCUT2D eigenvalue weighted by Crippen LogP contribution is -2.44. The lowest BCUT2D eigenvalue weighted by Gasteiger charge is -2.27. The summed E-state index contributed by atoms with van der Waals surface area (Å²) in [6, 6.07) is 7.89. The Bertz CT molecular complexity index is 425. The summed E-state index contributed by atoms with van der Waals surface area (Å²) >= 11 is 0. The van der Waals surface area contributed by atoms with Gasteiger partial charge in [0.1, 0.15) is 5.75 Å². The lowest BCUT2D eigenvalue weighted by molar-refractivity contribution is -0.121. The Morgan fingerprint density at radius 1 is 1.25 bits per heavy atom. The number of likely N-dealkylation sites (N-methyl/N-ethyl adjacent to an activating group) is 1. The van der Waals surface area contributed by atoms with Crippen molar-refractivity contribution in [1.29, 1.82) is 0 Å². The van der Waals surface area contributed by atoms with Crippen LogP contribution in [0.15, 0.2) is 24.3 Å². The highest BCUT2D eigenvalue weighted by atomic mass is 16.5. The minimum atomic E-state index is -0.398. The van der Waals surface area contributed by atoms with Crippen LogP contribution in [0.25, 0.3) is 0 Å². The van der Waals surface area contributed by atoms with Crippen LogP contribution < -0.4 is 15.4 Å². The molecule has 1 aromatic carbocycles. The lowest BCUT2D eigenvalue weighted by atomic mass is 9.94. The Hall–Kier alpha value is -1.55. The van der Waals surface area contributed by atoms with Crippen LogP contribution in [-0.2, 0) is 10.3 Å². The van der Waals surface area contributed by atoms with Crippen molar-refractivity contribution in [1.82, 2.24) is 10.6 Å². The second kappa shape index (κ2) is 7.29. The summed E-state index contributed by atoms with van der Waals surface area (Å²) in [5.74, 6) is 1.35. The monoisotopic (exact) mass is 278 g/mol. The third-order valence-electron chi connectivity index (χ3n) is 2.95. The van der Waals surface area contributed by atoms with Crippen molar-refractivity contribution >= 4 is 5.91 Å². The van der Waals surface area contributed by atoms with Crippen LogP contribution in [0.1, 0.15) is 33.3 Å². The van der Waals surface area contributed by atoms with Crippen LogP contribution in [0.5, 0.6) is 5.75 Å². The van der Waals surface area contributed by atoms with E-state index in [2.05, 4.69) is 24.5 Å². The first-order valence-electron chi connectivity index (χ1n) is 7.04. The first kappa shape index (κ1) is 16.5. The molecule has 20 heavy (non-hydrogen) atoms. The number of nitrogens with one attached hydrogen (secondary N) is 2. The number of carbonyl (C=O) groups is 1. The van der Waals surface area contributed by atoms with Gasteiger partial charge in [-0.3, -0.25) is 4.79 Å². The predicted octanol–water partition coefficient (Wildman–Crippen LogP) is 2.29. The number of rotatable bonds is 7. The highest BCUT2D eigenvalue weighted by Gasteiger charge is 2.22. The topological polar surface area (TPSA) is 50.4 Å². The quantitative estimate of drug-likeness (QED) is 0.804. The average molecular weight is 278 g/mol. The Labute approximate surface area is 121 Å². The van der Waals surface area contributed by atoms with E-state index in [9.17, 15) is 4.79 Å². The van der Waals surface area contributed by atoms with Gasteiger partial charge in [-0.2, -0.15) is 0 Å². The van der Waals surface area contributed by atoms with Crippen molar-refractivity contribution in [3.8, 4) is 5.75 Å². The summed E-state index contributed by atoms with van der Waals surface area (Å²) in [6.45, 7) is 9.25. The van der Waals surface area contributed by atoms with E-state index in [0.29, 0.717) is 19.1 Å². The number of ether oxygens (including phenoxy) is 1. The highest BCUT2D eigenvalue weighted by Crippen LogP contribution is 2.23. The SMILES string of the molecule is CNCC(=O)NC(C)(C)c1ccc(OCC(C)C)cc1. The predicted molar refractivity (Wildman–Crippen MR) is 81.9 cm³/mol. The molecule has 0 unspecified atom stereocenters. The molecule has 1 amide bonds. The number of amides is 1. The Morgan fingerprint density at radius 2 is 1.85 bits per heavy atom. The average Bonchev–Trinajstić information content (AvgIpc) is 2.36. The fraction of sp³-hybridized carbons (Fsp3) is 0.562. The van der Waals surface area contributed by atoms with E-state index in [1.165, 1.54) is 0 Å². The third kappa shape index (κ3) is 5.21. The van der Waals surface area contributed by atoms with E-state index in [4.69, 9.17) is 4.74 Å². The van der Waals surface area contributed by atoms with Gasteiger partial charge in [-0.1, -0.05) is 26.0 Å². The van der Waals surface area contributed by atoms with Gasteiger partial charge in [0, 0.05) is 0 Å². The second-order valence-corrected chi connectivity index (χ2v) is 5.93. The minimum absolute atomic E-state index is 0.0161. The fourth-order valence-corrected chi connectivity index (χ4v) is 1.86. The summed E-state index contributed by atoms with van der Waals surface area (Å²) in [5, 5.41) is 5.85. The van der Waals surface area contributed by atoms with Gasteiger partial charge in [-0.15, -0.1) is 0 Å². The molecular weight excluding hydrogens is 252 g/mol. The molecule has 2 N–H and O–H groups in total. The molecule has 0 fully saturated rings. The smallest absolute Gasteiger partial charge is 0.234 e. The Balaban J connectivity index is 2.68. The van der Waals surface area contributed by atoms with Gasteiger partial charge >= 0.3 is 0 Å². The van der Waals surface area contributed by atoms with Crippen molar-refractivity contribution in [2.45, 2.75) is 33.2 Å². The molecule has 0 saturated carbocycles. The molecule has 1 aromatic rings. The van der Waals surface area contributed by atoms with Crippen molar-refractivity contribution in [2.75, 3.05) is 20.2 Å². The van der Waals surface area contributed by atoms with E-state index >= 15 is 0 Å². The van der Waals surface area contributed by atoms with Crippen LogP contribution in [-0.4, -0.2) is 26.1 Å². The first-order chi connectivity index (χ1) is 9.35. The Morgan fingerprint density at radius 3 is 2.35 bits per heavy atom. The number of hydrogen-bond acceptors (Lipinski definition) is 3. The highest BCUT2D eigenvalue weighted by molar-refractivity contribution is 5.78. The van der Waals surface area contributed by atoms with E-state index in [1.54, 1.807) is 7.05 Å². The van der Waals surface area contributed by atoms with E-state index in [0.717, 1.165) is 11.3 Å². The molecule has 0 radical (unpaired) electrons. The molecule has 0 aliphatic rings. The molecule has 0 atom stereocenters. The minimum Gasteiger partial charge on any atom is -0.493 e. The Kier molecular flexibility index (Phi) is 6.02. The van der Waals surface area contributed by atoms with Crippen LogP contribution in [0.4, 0.5) is 0 Å². The van der Waals surface area contributed by atoms with Gasteiger partial charge < -0.3 is 15.4 Å². The second-order valence-electron chi connectivity index (χ2n) is 5.93. The summed E-state index contributed by atoms with van der Waals surface area (Å²) in [7, 11) is 1.76. The summed E-state index contributed by atoms with van der Waals surface area (Å²) in [4.78, 5) is 11.7. The van der Waals surface area contributed by atoms with Gasteiger partial charge in [0.25, 0.3) is 0 Å². The molecule has 0 aliphatic heterocycles. The normalized spacial score (nSPS) is 11.5. The molecule has 4 nitrogen and oxygen atoms in total. The molecule has 112 valence electrons. The molecule has 0 aromatic heterocycles. The number of hydrogen-bond donors (Lipinski definition) is 2. The molecule has 0 saturated heterocycles. The summed E-state index contributed by atoms with van der Waals surface area (Å²) < 4.78 is 5.66. The number of carbonyl (C=O) groups excluding carboxylic acids is 1. The zero-order chi connectivity index (χ0) is 15.2. The molecular formula is C16H26N2O2. The standard InChI is InChI=1S/C16H26N2O2/c1-12(2)11-20-14-8-6-13(7-9-14)16(3,4)18-15(19)10-17-5/h6-9,12,17H,10-11H2,1-5H3,(H,18,19). The maximum absolute atomic E-state index is 11.7. The third-order valence-corrected chi connectivity index (χ3v) is 2.95. The zero-order valence-electron chi connectivity index (χ0n) is 13.1. The first-order valence-corrected chi connectivity index (χ1v) is 7.04. The molecule has 4 heteroatoms. The molecule has 0 spiro atoms. The van der Waals surface area contributed by atoms with Gasteiger partial charge in [0.2, 0.25) is 5.91 Å². The van der Waals surface area contributed by atoms with E-state index in [-0.39, 0.29) is 5.91 Å². The molecule has 0 bridgehead atoms. The van der Waals surface area contributed by atoms with E-state index < -0.39 is 5.54 Å². The maximum atomic E-state index is 11.7. The van der Waals surface area contributed by atoms with Gasteiger partial charge in [0.15, 0.2) is 0 Å². The van der Waals surface area contributed by atoms with Crippen molar-refractivity contribution in [2.24, 2.45) is 5.92 Å². The fourth-order valence-electron chi connectivity index (χ4n) is 1.86. The van der Waals surface area contributed by atoms with Crippen molar-refractivity contribution in [3.05, 3.63) is 29.8 Å². The maximum Gasteiger partial charge on any atom is 0.234 e. The van der Waals surface area contributed by atoms with Gasteiger partial charge in [-0.25, -0.2) is 0 Å². The number of benzene rings is 1. The van der Waals surface area contributed by atoms with Crippen LogP contribution in [0, 0.1) is 5.92 Å². The molecule has 1 rings (SSSR count). The van der Waals surface area contributed by atoms with Crippen molar-refractivity contribution < 1.29 is 9.53 Å². The zero-order valence-corrected chi connectivity index (χ0v) is 13.1. The van der Waals surface area contributed by atoms with Crippen LogP contribution in [0.2, 0.25) is 0 Å². The summed E-state index contributed by atoms with van der Waals surface area (Å²) in [5.41, 5.74) is 0.656. The van der Waals surface area contributed by atoms with Crippen LogP contribution in [0.3, 0.4) is 0 Å². The van der Waals surface area contributed by atoms with Gasteiger partial charge in [-0.05, 0) is 44.5 Å². The van der Waals surface area contributed by atoms with Gasteiger partial charge in [0.05, 0.1) is 18.7 Å².